The number of nitrogens with one attached hydrogen (secondary N) is 1. The second kappa shape index (κ2) is 7.65. The van der Waals surface area contributed by atoms with Gasteiger partial charge in [0.2, 0.25) is 0 Å². The summed E-state index contributed by atoms with van der Waals surface area (Å²) in [6.07, 6.45) is 1.58. The van der Waals surface area contributed by atoms with E-state index in [9.17, 15) is 4.79 Å². The molecule has 1 fully saturated rings. The predicted octanol–water partition coefficient (Wildman–Crippen LogP) is 2.28. The lowest BCUT2D eigenvalue weighted by molar-refractivity contribution is -0.0431. The molecule has 0 unspecified atom stereocenters. The van der Waals surface area contributed by atoms with Crippen LogP contribution in [0.5, 0.6) is 0 Å². The maximum absolute atomic E-state index is 12.7. The van der Waals surface area contributed by atoms with Gasteiger partial charge in [-0.25, -0.2) is 4.79 Å². The molecule has 1 aromatic heterocycles. The number of carbonyl (C=O) groups excluding carboxylic acids is 1. The molecule has 2 amide bonds. The van der Waals surface area contributed by atoms with Crippen LogP contribution in [0.15, 0.2) is 30.6 Å². The van der Waals surface area contributed by atoms with Crippen molar-refractivity contribution >= 4 is 6.03 Å². The van der Waals surface area contributed by atoms with Crippen LogP contribution >= 0.6 is 0 Å². The molecule has 2 heterocycles. The number of morpholine rings is 1. The Morgan fingerprint density at radius 3 is 2.96 bits per heavy atom. The molecule has 1 N–H and O–H groups in total. The normalized spacial score (nSPS) is 20.5. The van der Waals surface area contributed by atoms with E-state index in [2.05, 4.69) is 34.6 Å². The summed E-state index contributed by atoms with van der Waals surface area (Å²) in [6.45, 7) is 8.30. The van der Waals surface area contributed by atoms with E-state index in [0.29, 0.717) is 19.7 Å². The van der Waals surface area contributed by atoms with Crippen molar-refractivity contribution < 1.29 is 9.53 Å². The fourth-order valence-corrected chi connectivity index (χ4v) is 3.11. The molecule has 1 aliphatic heterocycles. The van der Waals surface area contributed by atoms with Crippen molar-refractivity contribution in [1.29, 1.82) is 0 Å². The summed E-state index contributed by atoms with van der Waals surface area (Å²) >= 11 is 0. The lowest BCUT2D eigenvalue weighted by atomic mass is 10.0. The summed E-state index contributed by atoms with van der Waals surface area (Å²) in [4.78, 5) is 14.5. The van der Waals surface area contributed by atoms with Gasteiger partial charge < -0.3 is 19.5 Å². The van der Waals surface area contributed by atoms with E-state index >= 15 is 0 Å². The average molecular weight is 343 g/mol. The summed E-state index contributed by atoms with van der Waals surface area (Å²) in [7, 11) is 0. The van der Waals surface area contributed by atoms with Crippen LogP contribution < -0.4 is 5.32 Å². The van der Waals surface area contributed by atoms with Gasteiger partial charge in [-0.15, -0.1) is 10.2 Å². The second-order valence-electron chi connectivity index (χ2n) is 6.37. The number of hydrogen-bond acceptors (Lipinski definition) is 4. The third kappa shape index (κ3) is 3.82. The SMILES string of the molecule is CCn1cnnc1CNC(=O)N1C[C@H](c2ccccc2C)OC[C@H]1C. The zero-order valence-corrected chi connectivity index (χ0v) is 15.0. The van der Waals surface area contributed by atoms with Gasteiger partial charge >= 0.3 is 6.03 Å². The summed E-state index contributed by atoms with van der Waals surface area (Å²) < 4.78 is 7.89. The van der Waals surface area contributed by atoms with Crippen molar-refractivity contribution in [2.24, 2.45) is 0 Å². The molecule has 1 aliphatic rings. The molecule has 0 bridgehead atoms. The summed E-state index contributed by atoms with van der Waals surface area (Å²) in [5, 5.41) is 10.9. The van der Waals surface area contributed by atoms with Crippen molar-refractivity contribution in [1.82, 2.24) is 25.0 Å². The van der Waals surface area contributed by atoms with Gasteiger partial charge in [0.15, 0.2) is 5.82 Å². The van der Waals surface area contributed by atoms with Crippen molar-refractivity contribution in [2.45, 2.75) is 46.0 Å². The number of aryl methyl sites for hydroxylation is 2. The maximum Gasteiger partial charge on any atom is 0.318 e. The summed E-state index contributed by atoms with van der Waals surface area (Å²) in [5.74, 6) is 0.757. The van der Waals surface area contributed by atoms with E-state index < -0.39 is 0 Å². The topological polar surface area (TPSA) is 72.3 Å². The van der Waals surface area contributed by atoms with E-state index in [-0.39, 0.29) is 18.2 Å². The number of urea groups is 1. The molecule has 1 saturated heterocycles. The van der Waals surface area contributed by atoms with E-state index in [1.165, 1.54) is 5.56 Å². The number of carbonyl (C=O) groups is 1. The molecule has 7 heteroatoms. The van der Waals surface area contributed by atoms with Gasteiger partial charge in [0.1, 0.15) is 12.4 Å². The van der Waals surface area contributed by atoms with Crippen LogP contribution in [-0.2, 0) is 17.8 Å². The first-order valence-electron chi connectivity index (χ1n) is 8.68. The molecular weight excluding hydrogens is 318 g/mol. The molecular formula is C18H25N5O2. The van der Waals surface area contributed by atoms with Crippen molar-refractivity contribution in [3.05, 3.63) is 47.5 Å². The fraction of sp³-hybridized carbons (Fsp3) is 0.500. The molecule has 3 rings (SSSR count). The van der Waals surface area contributed by atoms with Gasteiger partial charge in [-0.05, 0) is 31.9 Å². The van der Waals surface area contributed by atoms with Crippen LogP contribution in [0.3, 0.4) is 0 Å². The van der Waals surface area contributed by atoms with Crippen LogP contribution in [-0.4, -0.2) is 44.9 Å². The van der Waals surface area contributed by atoms with Gasteiger partial charge in [0.25, 0.3) is 0 Å². The van der Waals surface area contributed by atoms with Gasteiger partial charge in [0, 0.05) is 6.54 Å². The first-order chi connectivity index (χ1) is 12.1. The number of ether oxygens (including phenoxy) is 1. The van der Waals surface area contributed by atoms with Crippen LogP contribution in [0.25, 0.3) is 0 Å². The molecule has 7 nitrogen and oxygen atoms in total. The summed E-state index contributed by atoms with van der Waals surface area (Å²) in [6, 6.07) is 8.09. The van der Waals surface area contributed by atoms with E-state index in [4.69, 9.17) is 4.74 Å². The first-order valence-corrected chi connectivity index (χ1v) is 8.68. The molecule has 0 radical (unpaired) electrons. The van der Waals surface area contributed by atoms with E-state index in [0.717, 1.165) is 17.9 Å². The largest absolute Gasteiger partial charge is 0.370 e. The highest BCUT2D eigenvalue weighted by atomic mass is 16.5. The number of amides is 2. The lowest BCUT2D eigenvalue weighted by Gasteiger charge is -2.38. The molecule has 0 aliphatic carbocycles. The quantitative estimate of drug-likeness (QED) is 0.924. The molecule has 2 atom stereocenters. The molecule has 0 spiro atoms. The second-order valence-corrected chi connectivity index (χ2v) is 6.37. The molecule has 2 aromatic rings. The zero-order valence-electron chi connectivity index (χ0n) is 15.0. The Bertz CT molecular complexity index is 730. The summed E-state index contributed by atoms with van der Waals surface area (Å²) in [5.41, 5.74) is 2.32. The minimum atomic E-state index is -0.0972. The minimum absolute atomic E-state index is 0.0318. The minimum Gasteiger partial charge on any atom is -0.370 e. The standard InChI is InChI=1S/C18H25N5O2/c1-4-22-12-20-21-17(22)9-19-18(24)23-10-16(25-11-14(23)3)15-8-6-5-7-13(15)2/h5-8,12,14,16H,4,9-11H2,1-3H3,(H,19,24)/t14-,16-/m1/s1. The molecule has 1 aromatic carbocycles. The van der Waals surface area contributed by atoms with E-state index in [1.54, 1.807) is 6.33 Å². The highest BCUT2D eigenvalue weighted by Crippen LogP contribution is 2.27. The van der Waals surface area contributed by atoms with Crippen LogP contribution in [0, 0.1) is 6.92 Å². The monoisotopic (exact) mass is 343 g/mol. The van der Waals surface area contributed by atoms with Crippen molar-refractivity contribution in [3.8, 4) is 0 Å². The Labute approximate surface area is 148 Å². The Morgan fingerprint density at radius 1 is 1.40 bits per heavy atom. The smallest absolute Gasteiger partial charge is 0.318 e. The van der Waals surface area contributed by atoms with Crippen molar-refractivity contribution in [2.75, 3.05) is 13.2 Å². The van der Waals surface area contributed by atoms with Gasteiger partial charge in [-0.1, -0.05) is 24.3 Å². The van der Waals surface area contributed by atoms with Crippen LogP contribution in [0.4, 0.5) is 4.79 Å². The Hall–Kier alpha value is -2.41. The van der Waals surface area contributed by atoms with Crippen LogP contribution in [0.1, 0.15) is 36.9 Å². The predicted molar refractivity (Wildman–Crippen MR) is 94.0 cm³/mol. The highest BCUT2D eigenvalue weighted by molar-refractivity contribution is 5.74. The third-order valence-corrected chi connectivity index (χ3v) is 4.66. The number of hydrogen-bond donors (Lipinski definition) is 1. The Balaban J connectivity index is 1.65. The lowest BCUT2D eigenvalue weighted by Crippen LogP contribution is -2.52. The van der Waals surface area contributed by atoms with Crippen molar-refractivity contribution in [3.63, 3.8) is 0 Å². The number of aromatic nitrogens is 3. The van der Waals surface area contributed by atoms with Gasteiger partial charge in [-0.3, -0.25) is 0 Å². The molecule has 134 valence electrons. The maximum atomic E-state index is 12.7. The Morgan fingerprint density at radius 2 is 2.20 bits per heavy atom. The molecule has 0 saturated carbocycles. The third-order valence-electron chi connectivity index (χ3n) is 4.66. The number of rotatable bonds is 4. The average Bonchev–Trinajstić information content (AvgIpc) is 3.08. The number of benzene rings is 1. The van der Waals surface area contributed by atoms with Gasteiger partial charge in [-0.2, -0.15) is 0 Å². The zero-order chi connectivity index (χ0) is 17.8. The first kappa shape index (κ1) is 17.4. The molecule has 25 heavy (non-hydrogen) atoms. The Kier molecular flexibility index (Phi) is 5.33. The van der Waals surface area contributed by atoms with E-state index in [1.807, 2.05) is 35.4 Å². The number of nitrogens with zero attached hydrogens (tertiary/aromatic N) is 4. The fourth-order valence-electron chi connectivity index (χ4n) is 3.11. The highest BCUT2D eigenvalue weighted by Gasteiger charge is 2.31. The van der Waals surface area contributed by atoms with Crippen LogP contribution in [0.2, 0.25) is 0 Å². The van der Waals surface area contributed by atoms with Gasteiger partial charge in [0.05, 0.1) is 25.7 Å².